The predicted molar refractivity (Wildman–Crippen MR) is 108 cm³/mol. The van der Waals surface area contributed by atoms with Gasteiger partial charge in [-0.15, -0.1) is 11.3 Å². The molecule has 0 aliphatic carbocycles. The third-order valence-electron chi connectivity index (χ3n) is 4.69. The van der Waals surface area contributed by atoms with Crippen LogP contribution >= 0.6 is 11.3 Å². The lowest BCUT2D eigenvalue weighted by Gasteiger charge is -2.43. The summed E-state index contributed by atoms with van der Waals surface area (Å²) in [5, 5.41) is 5.01. The van der Waals surface area contributed by atoms with E-state index in [0.717, 1.165) is 29.8 Å². The molecule has 0 spiro atoms. The molecule has 27 heavy (non-hydrogen) atoms. The van der Waals surface area contributed by atoms with E-state index in [9.17, 15) is 4.79 Å². The van der Waals surface area contributed by atoms with E-state index < -0.39 is 11.7 Å². The highest BCUT2D eigenvalue weighted by molar-refractivity contribution is 7.11. The van der Waals surface area contributed by atoms with E-state index in [-0.39, 0.29) is 12.1 Å². The molecule has 3 rings (SSSR count). The number of carbonyl (C=O) groups is 1. The number of esters is 1. The number of anilines is 1. The highest BCUT2D eigenvalue weighted by Gasteiger charge is 2.47. The average molecular weight is 390 g/mol. The Kier molecular flexibility index (Phi) is 6.07. The number of hydrogen-bond acceptors (Lipinski definition) is 6. The molecule has 6 heteroatoms. The first-order valence-corrected chi connectivity index (χ1v) is 10.2. The number of carbonyl (C=O) groups excluding carboxylic acids is 1. The smallest absolute Gasteiger partial charge is 0.348 e. The Morgan fingerprint density at radius 2 is 2.15 bits per heavy atom. The molecule has 2 aromatic rings. The highest BCUT2D eigenvalue weighted by Crippen LogP contribution is 2.44. The first kappa shape index (κ1) is 19.7. The Labute approximate surface area is 164 Å². The van der Waals surface area contributed by atoms with Gasteiger partial charge in [-0.2, -0.15) is 0 Å². The van der Waals surface area contributed by atoms with Gasteiger partial charge >= 0.3 is 5.97 Å². The van der Waals surface area contributed by atoms with Gasteiger partial charge < -0.3 is 19.5 Å². The summed E-state index contributed by atoms with van der Waals surface area (Å²) in [5.41, 5.74) is 1.16. The fourth-order valence-corrected chi connectivity index (χ4v) is 3.80. The van der Waals surface area contributed by atoms with E-state index in [1.807, 2.05) is 50.5 Å². The normalized spacial score (nSPS) is 20.4. The van der Waals surface area contributed by atoms with Gasteiger partial charge in [0.1, 0.15) is 22.3 Å². The zero-order valence-electron chi connectivity index (χ0n) is 16.3. The van der Waals surface area contributed by atoms with E-state index >= 15 is 0 Å². The first-order chi connectivity index (χ1) is 13.0. The second-order valence-electron chi connectivity index (χ2n) is 7.16. The summed E-state index contributed by atoms with van der Waals surface area (Å²) in [6, 6.07) is 9.52. The number of unbranched alkanes of at least 4 members (excludes halogenated alkanes) is 1. The lowest BCUT2D eigenvalue weighted by molar-refractivity contribution is -0.139. The lowest BCUT2D eigenvalue weighted by Crippen LogP contribution is -2.51. The maximum atomic E-state index is 12.6. The van der Waals surface area contributed by atoms with E-state index in [2.05, 4.69) is 12.2 Å². The van der Waals surface area contributed by atoms with Gasteiger partial charge in [0.2, 0.25) is 0 Å². The molecule has 1 aromatic carbocycles. The lowest BCUT2D eigenvalue weighted by atomic mass is 9.87. The van der Waals surface area contributed by atoms with Gasteiger partial charge in [-0.25, -0.2) is 4.79 Å². The molecule has 1 aliphatic rings. The van der Waals surface area contributed by atoms with Crippen molar-refractivity contribution in [2.24, 2.45) is 0 Å². The van der Waals surface area contributed by atoms with Gasteiger partial charge in [0, 0.05) is 24.9 Å². The highest BCUT2D eigenvalue weighted by atomic mass is 32.1. The molecule has 2 heterocycles. The molecular weight excluding hydrogens is 362 g/mol. The third kappa shape index (κ3) is 4.28. The van der Waals surface area contributed by atoms with E-state index in [1.54, 1.807) is 6.07 Å². The van der Waals surface area contributed by atoms with Gasteiger partial charge in [-0.1, -0.05) is 19.4 Å². The van der Waals surface area contributed by atoms with Gasteiger partial charge in [0.05, 0.1) is 0 Å². The maximum absolute atomic E-state index is 12.6. The van der Waals surface area contributed by atoms with E-state index in [4.69, 9.17) is 14.2 Å². The zero-order chi connectivity index (χ0) is 19.4. The number of nitrogens with one attached hydrogen (secondary N) is 1. The molecule has 2 atom stereocenters. The minimum Gasteiger partial charge on any atom is -0.483 e. The number of ether oxygens (including phenoxy) is 3. The van der Waals surface area contributed by atoms with Crippen molar-refractivity contribution in [1.82, 2.24) is 0 Å². The summed E-state index contributed by atoms with van der Waals surface area (Å²) in [7, 11) is 1.87. The van der Waals surface area contributed by atoms with Crippen LogP contribution in [-0.4, -0.2) is 31.3 Å². The Balaban J connectivity index is 1.95. The minimum atomic E-state index is -0.710. The molecule has 0 saturated heterocycles. The fourth-order valence-electron chi connectivity index (χ4n) is 3.19. The van der Waals surface area contributed by atoms with E-state index in [0.29, 0.717) is 11.5 Å². The molecule has 2 unspecified atom stereocenters. The first-order valence-electron chi connectivity index (χ1n) is 9.33. The van der Waals surface area contributed by atoms with Crippen LogP contribution in [0.5, 0.6) is 5.75 Å². The van der Waals surface area contributed by atoms with Crippen LogP contribution in [0.1, 0.15) is 55.0 Å². The largest absolute Gasteiger partial charge is 0.483 e. The Morgan fingerprint density at radius 1 is 1.33 bits per heavy atom. The molecule has 0 fully saturated rings. The van der Waals surface area contributed by atoms with Gasteiger partial charge in [0.15, 0.2) is 6.10 Å². The molecule has 0 saturated carbocycles. The van der Waals surface area contributed by atoms with Crippen molar-refractivity contribution in [2.75, 3.05) is 19.0 Å². The Morgan fingerprint density at radius 3 is 2.81 bits per heavy atom. The Bertz CT molecular complexity index is 772. The van der Waals surface area contributed by atoms with Gasteiger partial charge in [-0.3, -0.25) is 0 Å². The zero-order valence-corrected chi connectivity index (χ0v) is 17.1. The molecular formula is C21H27NO4S. The molecule has 5 nitrogen and oxygen atoms in total. The number of benzene rings is 1. The standard InChI is InChI=1S/C21H27NO4S/c1-5-6-11-24-18-15-13-14(22-4)9-10-16(15)26-21(2,3)19(18)25-20(23)17-8-7-12-27-17/h7-10,12-13,18-19,22H,5-6,11H2,1-4H3. The monoisotopic (exact) mass is 389 g/mol. The summed E-state index contributed by atoms with van der Waals surface area (Å²) >= 11 is 1.37. The summed E-state index contributed by atoms with van der Waals surface area (Å²) in [4.78, 5) is 13.2. The fraction of sp³-hybridized carbons (Fsp3) is 0.476. The van der Waals surface area contributed by atoms with Crippen LogP contribution in [0.2, 0.25) is 0 Å². The minimum absolute atomic E-state index is 0.344. The summed E-state index contributed by atoms with van der Waals surface area (Å²) in [6.45, 7) is 6.60. The number of fused-ring (bicyclic) bond motifs is 1. The van der Waals surface area contributed by atoms with Crippen LogP contribution in [0.25, 0.3) is 0 Å². The molecule has 1 aromatic heterocycles. The van der Waals surface area contributed by atoms with Crippen molar-refractivity contribution in [3.63, 3.8) is 0 Å². The van der Waals surface area contributed by atoms with Crippen LogP contribution in [0, 0.1) is 0 Å². The molecule has 0 bridgehead atoms. The van der Waals surface area contributed by atoms with Gasteiger partial charge in [-0.05, 0) is 49.9 Å². The molecule has 0 amide bonds. The van der Waals surface area contributed by atoms with Crippen molar-refractivity contribution in [3.8, 4) is 5.75 Å². The van der Waals surface area contributed by atoms with Crippen molar-refractivity contribution < 1.29 is 19.0 Å². The molecule has 1 N–H and O–H groups in total. The molecule has 0 radical (unpaired) electrons. The Hall–Kier alpha value is -2.05. The van der Waals surface area contributed by atoms with E-state index in [1.165, 1.54) is 11.3 Å². The van der Waals surface area contributed by atoms with Gasteiger partial charge in [0.25, 0.3) is 0 Å². The second kappa shape index (κ2) is 8.31. The van der Waals surface area contributed by atoms with Crippen LogP contribution in [0.4, 0.5) is 5.69 Å². The van der Waals surface area contributed by atoms with Crippen LogP contribution in [-0.2, 0) is 9.47 Å². The summed E-state index contributed by atoms with van der Waals surface area (Å²) in [6.07, 6.45) is 1.05. The quantitative estimate of drug-likeness (QED) is 0.531. The van der Waals surface area contributed by atoms with Crippen molar-refractivity contribution >= 4 is 23.0 Å². The number of hydrogen-bond donors (Lipinski definition) is 1. The maximum Gasteiger partial charge on any atom is 0.348 e. The van der Waals surface area contributed by atoms with Crippen LogP contribution < -0.4 is 10.1 Å². The van der Waals surface area contributed by atoms with Crippen LogP contribution in [0.15, 0.2) is 35.7 Å². The average Bonchev–Trinajstić information content (AvgIpc) is 3.18. The SMILES string of the molecule is CCCCOC1c2cc(NC)ccc2OC(C)(C)C1OC(=O)c1cccs1. The predicted octanol–water partition coefficient (Wildman–Crippen LogP) is 5.04. The number of thiophene rings is 1. The molecule has 1 aliphatic heterocycles. The van der Waals surface area contributed by atoms with Crippen molar-refractivity contribution in [2.45, 2.75) is 51.4 Å². The number of rotatable bonds is 7. The third-order valence-corrected chi connectivity index (χ3v) is 5.54. The summed E-state index contributed by atoms with van der Waals surface area (Å²) < 4.78 is 18.4. The second-order valence-corrected chi connectivity index (χ2v) is 8.10. The topological polar surface area (TPSA) is 56.8 Å². The summed E-state index contributed by atoms with van der Waals surface area (Å²) in [5.74, 6) is 0.424. The molecule has 146 valence electrons. The van der Waals surface area contributed by atoms with Crippen molar-refractivity contribution in [3.05, 3.63) is 46.2 Å². The van der Waals surface area contributed by atoms with Crippen LogP contribution in [0.3, 0.4) is 0 Å². The van der Waals surface area contributed by atoms with Crippen molar-refractivity contribution in [1.29, 1.82) is 0 Å².